The zero-order valence-electron chi connectivity index (χ0n) is 16.6. The van der Waals surface area contributed by atoms with E-state index in [2.05, 4.69) is 5.32 Å². The van der Waals surface area contributed by atoms with Gasteiger partial charge in [0.1, 0.15) is 23.6 Å². The molecule has 2 aromatic rings. The Bertz CT molecular complexity index is 975. The van der Waals surface area contributed by atoms with Crippen LogP contribution in [0.5, 0.6) is 11.5 Å². The van der Waals surface area contributed by atoms with Gasteiger partial charge in [-0.2, -0.15) is 0 Å². The molecule has 4 rings (SSSR count). The molecule has 2 atom stereocenters. The average molecular weight is 409 g/mol. The minimum absolute atomic E-state index is 0.139. The van der Waals surface area contributed by atoms with Gasteiger partial charge < -0.3 is 25.0 Å². The highest BCUT2D eigenvalue weighted by atomic mass is 16.5. The fraction of sp³-hybridized carbons (Fsp3) is 0.318. The molecule has 2 heterocycles. The topological polar surface area (TPSA) is 99.2 Å². The van der Waals surface area contributed by atoms with E-state index in [1.54, 1.807) is 58.3 Å². The second-order valence-electron chi connectivity index (χ2n) is 7.43. The summed E-state index contributed by atoms with van der Waals surface area (Å²) in [4.78, 5) is 41.8. The summed E-state index contributed by atoms with van der Waals surface area (Å²) in [5.74, 6) is -0.0248. The number of hydrogen-bond acceptors (Lipinski definition) is 5. The number of phenols is 1. The molecule has 2 aliphatic rings. The molecule has 0 saturated carbocycles. The summed E-state index contributed by atoms with van der Waals surface area (Å²) in [6.45, 7) is 0.780. The second kappa shape index (κ2) is 8.06. The van der Waals surface area contributed by atoms with E-state index < -0.39 is 12.1 Å². The number of hydrogen-bond donors (Lipinski definition) is 2. The molecule has 0 radical (unpaired) electrons. The van der Waals surface area contributed by atoms with Crippen molar-refractivity contribution < 1.29 is 24.2 Å². The average Bonchev–Trinajstić information content (AvgIpc) is 2.78. The maximum absolute atomic E-state index is 13.0. The molecule has 2 fully saturated rings. The molecule has 8 heteroatoms. The summed E-state index contributed by atoms with van der Waals surface area (Å²) in [7, 11) is 1.51. The van der Waals surface area contributed by atoms with Crippen LogP contribution in [0.15, 0.2) is 48.5 Å². The van der Waals surface area contributed by atoms with Crippen LogP contribution >= 0.6 is 0 Å². The van der Waals surface area contributed by atoms with Gasteiger partial charge in [0.25, 0.3) is 5.91 Å². The van der Waals surface area contributed by atoms with Gasteiger partial charge in [0.2, 0.25) is 11.8 Å². The molecule has 0 aromatic heterocycles. The van der Waals surface area contributed by atoms with Crippen molar-refractivity contribution in [2.75, 3.05) is 26.7 Å². The highest BCUT2D eigenvalue weighted by Gasteiger charge is 2.44. The summed E-state index contributed by atoms with van der Waals surface area (Å²) in [6.07, 6.45) is 0.345. The lowest BCUT2D eigenvalue weighted by atomic mass is 9.98. The Morgan fingerprint density at radius 3 is 2.60 bits per heavy atom. The van der Waals surface area contributed by atoms with Gasteiger partial charge in [-0.25, -0.2) is 0 Å². The lowest BCUT2D eigenvalue weighted by Gasteiger charge is -2.45. The first-order valence-electron chi connectivity index (χ1n) is 9.79. The Balaban J connectivity index is 1.47. The molecule has 0 aliphatic carbocycles. The molecule has 0 unspecified atom stereocenters. The van der Waals surface area contributed by atoms with E-state index >= 15 is 0 Å². The fourth-order valence-electron chi connectivity index (χ4n) is 3.98. The number of piperazine rings is 2. The minimum atomic E-state index is -0.707. The molecular weight excluding hydrogens is 386 g/mol. The van der Waals surface area contributed by atoms with Gasteiger partial charge in [0.15, 0.2) is 0 Å². The first-order valence-corrected chi connectivity index (χ1v) is 9.79. The van der Waals surface area contributed by atoms with Crippen LogP contribution in [-0.4, -0.2) is 71.5 Å². The van der Waals surface area contributed by atoms with Gasteiger partial charge in [-0.05, 0) is 29.8 Å². The summed E-state index contributed by atoms with van der Waals surface area (Å²) >= 11 is 0. The van der Waals surface area contributed by atoms with E-state index in [1.165, 1.54) is 7.11 Å². The highest BCUT2D eigenvalue weighted by Crippen LogP contribution is 2.23. The summed E-state index contributed by atoms with van der Waals surface area (Å²) in [6, 6.07) is 12.1. The maximum Gasteiger partial charge on any atom is 0.257 e. The van der Waals surface area contributed by atoms with Crippen molar-refractivity contribution in [3.63, 3.8) is 0 Å². The van der Waals surface area contributed by atoms with Gasteiger partial charge in [-0.3, -0.25) is 14.4 Å². The summed E-state index contributed by atoms with van der Waals surface area (Å²) < 4.78 is 5.27. The van der Waals surface area contributed by atoms with Gasteiger partial charge in [0, 0.05) is 19.5 Å². The van der Waals surface area contributed by atoms with E-state index in [1.807, 2.05) is 0 Å². The van der Waals surface area contributed by atoms with Crippen LogP contribution in [-0.2, 0) is 16.0 Å². The number of carbonyl (C=O) groups is 3. The molecular formula is C22H23N3O5. The van der Waals surface area contributed by atoms with Gasteiger partial charge in [-0.15, -0.1) is 0 Å². The van der Waals surface area contributed by atoms with Crippen LogP contribution in [0.3, 0.4) is 0 Å². The standard InChI is InChI=1S/C22H23N3O5/c1-30-19-5-3-2-4-16(19)21(28)24-10-11-25-18(13-24)20(27)23-17(22(25)29)12-14-6-8-15(26)9-7-14/h2-9,17-18,26H,10-13H2,1H3,(H,23,27)/t17-,18+/m0/s1. The van der Waals surface area contributed by atoms with E-state index in [4.69, 9.17) is 4.74 Å². The third-order valence-electron chi connectivity index (χ3n) is 5.58. The molecule has 8 nitrogen and oxygen atoms in total. The molecule has 2 aliphatic heterocycles. The van der Waals surface area contributed by atoms with E-state index in [0.29, 0.717) is 30.8 Å². The second-order valence-corrected chi connectivity index (χ2v) is 7.43. The fourth-order valence-corrected chi connectivity index (χ4v) is 3.98. The molecule has 0 spiro atoms. The highest BCUT2D eigenvalue weighted by molar-refractivity contribution is 6.00. The van der Waals surface area contributed by atoms with E-state index in [9.17, 15) is 19.5 Å². The molecule has 156 valence electrons. The smallest absolute Gasteiger partial charge is 0.257 e. The van der Waals surface area contributed by atoms with Crippen molar-refractivity contribution >= 4 is 17.7 Å². The minimum Gasteiger partial charge on any atom is -0.508 e. The van der Waals surface area contributed by atoms with Crippen LogP contribution in [0, 0.1) is 0 Å². The predicted molar refractivity (Wildman–Crippen MR) is 108 cm³/mol. The van der Waals surface area contributed by atoms with Crippen LogP contribution in [0.25, 0.3) is 0 Å². The van der Waals surface area contributed by atoms with Crippen LogP contribution < -0.4 is 10.1 Å². The molecule has 2 saturated heterocycles. The van der Waals surface area contributed by atoms with E-state index in [-0.39, 0.29) is 30.0 Å². The van der Waals surface area contributed by atoms with Crippen molar-refractivity contribution in [1.29, 1.82) is 0 Å². The maximum atomic E-state index is 13.0. The summed E-state index contributed by atoms with van der Waals surface area (Å²) in [5, 5.41) is 12.2. The monoisotopic (exact) mass is 409 g/mol. The van der Waals surface area contributed by atoms with Crippen molar-refractivity contribution in [1.82, 2.24) is 15.1 Å². The number of phenolic OH excluding ortho intramolecular Hbond substituents is 1. The molecule has 2 N–H and O–H groups in total. The van der Waals surface area contributed by atoms with Crippen LogP contribution in [0.4, 0.5) is 0 Å². The number of amides is 3. The number of methoxy groups -OCH3 is 1. The number of fused-ring (bicyclic) bond motifs is 1. The number of carbonyl (C=O) groups excluding carboxylic acids is 3. The van der Waals surface area contributed by atoms with Crippen molar-refractivity contribution in [3.05, 3.63) is 59.7 Å². The predicted octanol–water partition coefficient (Wildman–Crippen LogP) is 0.795. The third-order valence-corrected chi connectivity index (χ3v) is 5.58. The lowest BCUT2D eigenvalue weighted by molar-refractivity contribution is -0.152. The number of rotatable bonds is 4. The zero-order chi connectivity index (χ0) is 21.3. The number of nitrogens with one attached hydrogen (secondary N) is 1. The van der Waals surface area contributed by atoms with Gasteiger partial charge >= 0.3 is 0 Å². The quantitative estimate of drug-likeness (QED) is 0.778. The molecule has 30 heavy (non-hydrogen) atoms. The van der Waals surface area contributed by atoms with Crippen molar-refractivity contribution in [2.24, 2.45) is 0 Å². The first-order chi connectivity index (χ1) is 14.5. The number of benzene rings is 2. The van der Waals surface area contributed by atoms with Gasteiger partial charge in [0.05, 0.1) is 19.2 Å². The SMILES string of the molecule is COc1ccccc1C(=O)N1CCN2C(=O)[C@H](Cc3ccc(O)cc3)NC(=O)[C@H]2C1. The van der Waals surface area contributed by atoms with Crippen molar-refractivity contribution in [2.45, 2.75) is 18.5 Å². The molecule has 3 amide bonds. The largest absolute Gasteiger partial charge is 0.508 e. The third kappa shape index (κ3) is 3.68. The Kier molecular flexibility index (Phi) is 5.31. The molecule has 0 bridgehead atoms. The summed E-state index contributed by atoms with van der Waals surface area (Å²) in [5.41, 5.74) is 1.27. The normalized spacial score (nSPS) is 21.1. The van der Waals surface area contributed by atoms with Crippen LogP contribution in [0.1, 0.15) is 15.9 Å². The zero-order valence-corrected chi connectivity index (χ0v) is 16.6. The molecule has 2 aromatic carbocycles. The Hall–Kier alpha value is -3.55. The van der Waals surface area contributed by atoms with Crippen molar-refractivity contribution in [3.8, 4) is 11.5 Å². The van der Waals surface area contributed by atoms with Crippen LogP contribution in [0.2, 0.25) is 0 Å². The number of aromatic hydroxyl groups is 1. The Labute approximate surface area is 174 Å². The number of para-hydroxylation sites is 1. The van der Waals surface area contributed by atoms with Gasteiger partial charge in [-0.1, -0.05) is 24.3 Å². The number of nitrogens with zero attached hydrogens (tertiary/aromatic N) is 2. The van der Waals surface area contributed by atoms with E-state index in [0.717, 1.165) is 5.56 Å². The number of ether oxygens (including phenoxy) is 1. The Morgan fingerprint density at radius 1 is 1.13 bits per heavy atom. The lowest BCUT2D eigenvalue weighted by Crippen LogP contribution is -2.70. The first kappa shape index (κ1) is 19.8. The Morgan fingerprint density at radius 2 is 1.87 bits per heavy atom.